The summed E-state index contributed by atoms with van der Waals surface area (Å²) in [7, 11) is 0. The number of tetrazole rings is 1. The molecular weight excluding hydrogens is 320 g/mol. The van der Waals surface area contributed by atoms with Crippen molar-refractivity contribution in [3.05, 3.63) is 70.6 Å². The van der Waals surface area contributed by atoms with E-state index in [-0.39, 0.29) is 0 Å². The highest BCUT2D eigenvalue weighted by Gasteiger charge is 2.11. The third-order valence-electron chi connectivity index (χ3n) is 3.74. The SMILES string of the molecule is O=c1oc2cccnc2n1CCn1nnnc1/C=C/c1ccccc1. The summed E-state index contributed by atoms with van der Waals surface area (Å²) in [6.45, 7) is 0.784. The smallest absolute Gasteiger partial charge is 0.406 e. The van der Waals surface area contributed by atoms with Crippen LogP contribution in [0.2, 0.25) is 0 Å². The second kappa shape index (κ2) is 6.52. The minimum Gasteiger partial charge on any atom is -0.406 e. The van der Waals surface area contributed by atoms with Crippen molar-refractivity contribution in [2.75, 3.05) is 0 Å². The fourth-order valence-corrected chi connectivity index (χ4v) is 2.52. The summed E-state index contributed by atoms with van der Waals surface area (Å²) in [5.41, 5.74) is 2.04. The Kier molecular flexibility index (Phi) is 3.91. The predicted octanol–water partition coefficient (Wildman–Crippen LogP) is 1.85. The van der Waals surface area contributed by atoms with Crippen molar-refractivity contribution in [2.45, 2.75) is 13.1 Å². The first-order chi connectivity index (χ1) is 12.3. The maximum absolute atomic E-state index is 12.0. The third kappa shape index (κ3) is 3.09. The highest BCUT2D eigenvalue weighted by Crippen LogP contribution is 2.09. The van der Waals surface area contributed by atoms with Crippen LogP contribution in [0.25, 0.3) is 23.4 Å². The van der Waals surface area contributed by atoms with Gasteiger partial charge in [0.05, 0.1) is 13.1 Å². The minimum atomic E-state index is -0.442. The van der Waals surface area contributed by atoms with Crippen LogP contribution in [0, 0.1) is 0 Å². The number of rotatable bonds is 5. The van der Waals surface area contributed by atoms with Crippen LogP contribution in [0.5, 0.6) is 0 Å². The average Bonchev–Trinajstić information content (AvgIpc) is 3.22. The van der Waals surface area contributed by atoms with Crippen LogP contribution in [-0.2, 0) is 13.1 Å². The first-order valence-electron chi connectivity index (χ1n) is 7.75. The van der Waals surface area contributed by atoms with Gasteiger partial charge < -0.3 is 4.42 Å². The molecule has 0 aliphatic carbocycles. The zero-order valence-corrected chi connectivity index (χ0v) is 13.2. The van der Waals surface area contributed by atoms with Crippen molar-refractivity contribution in [3.8, 4) is 0 Å². The fraction of sp³-hybridized carbons (Fsp3) is 0.118. The van der Waals surface area contributed by atoms with Crippen LogP contribution in [0.15, 0.2) is 57.9 Å². The zero-order valence-electron chi connectivity index (χ0n) is 13.2. The van der Waals surface area contributed by atoms with Crippen LogP contribution >= 0.6 is 0 Å². The maximum atomic E-state index is 12.0. The van der Waals surface area contributed by atoms with Crippen LogP contribution in [0.3, 0.4) is 0 Å². The number of pyridine rings is 1. The Morgan fingerprint density at radius 3 is 2.80 bits per heavy atom. The molecule has 0 saturated carbocycles. The molecule has 0 saturated heterocycles. The second-order valence-electron chi connectivity index (χ2n) is 5.35. The van der Waals surface area contributed by atoms with Gasteiger partial charge in [0.1, 0.15) is 0 Å². The summed E-state index contributed by atoms with van der Waals surface area (Å²) < 4.78 is 8.28. The van der Waals surface area contributed by atoms with E-state index in [1.807, 2.05) is 42.5 Å². The van der Waals surface area contributed by atoms with E-state index in [9.17, 15) is 4.79 Å². The van der Waals surface area contributed by atoms with Gasteiger partial charge in [0.15, 0.2) is 17.1 Å². The van der Waals surface area contributed by atoms with Gasteiger partial charge in [0.25, 0.3) is 0 Å². The third-order valence-corrected chi connectivity index (χ3v) is 3.74. The maximum Gasteiger partial charge on any atom is 0.421 e. The van der Waals surface area contributed by atoms with Crippen LogP contribution in [0.4, 0.5) is 0 Å². The molecule has 124 valence electrons. The molecule has 0 aliphatic rings. The molecule has 4 aromatic rings. The lowest BCUT2D eigenvalue weighted by atomic mass is 10.2. The summed E-state index contributed by atoms with van der Waals surface area (Å²) >= 11 is 0. The lowest BCUT2D eigenvalue weighted by Gasteiger charge is -2.02. The highest BCUT2D eigenvalue weighted by molar-refractivity contribution is 5.67. The Bertz CT molecular complexity index is 1080. The minimum absolute atomic E-state index is 0.361. The first-order valence-corrected chi connectivity index (χ1v) is 7.75. The highest BCUT2D eigenvalue weighted by atomic mass is 16.4. The van der Waals surface area contributed by atoms with Gasteiger partial charge in [-0.1, -0.05) is 36.4 Å². The molecule has 0 N–H and O–H groups in total. The molecule has 0 radical (unpaired) electrons. The zero-order chi connectivity index (χ0) is 17.1. The Labute approximate surface area is 142 Å². The molecular formula is C17H14N6O2. The standard InChI is InChI=1S/C17H14N6O2/c24-17-22(16-14(25-17)7-4-10-18-16)11-12-23-15(19-20-21-23)9-8-13-5-2-1-3-6-13/h1-10H,11-12H2/b9-8+. The normalized spacial score (nSPS) is 11.5. The molecule has 8 nitrogen and oxygen atoms in total. The summed E-state index contributed by atoms with van der Waals surface area (Å²) in [5.74, 6) is 0.167. The molecule has 25 heavy (non-hydrogen) atoms. The Morgan fingerprint density at radius 1 is 1.04 bits per heavy atom. The Balaban J connectivity index is 1.54. The largest absolute Gasteiger partial charge is 0.421 e. The summed E-state index contributed by atoms with van der Waals surface area (Å²) in [6, 6.07) is 13.3. The van der Waals surface area contributed by atoms with E-state index in [0.717, 1.165) is 5.56 Å². The molecule has 0 atom stereocenters. The molecule has 3 heterocycles. The first kappa shape index (κ1) is 15.0. The quantitative estimate of drug-likeness (QED) is 0.553. The molecule has 1 aromatic carbocycles. The van der Waals surface area contributed by atoms with Crippen molar-refractivity contribution >= 4 is 23.4 Å². The lowest BCUT2D eigenvalue weighted by molar-refractivity contribution is 0.464. The lowest BCUT2D eigenvalue weighted by Crippen LogP contribution is -2.19. The van der Waals surface area contributed by atoms with E-state index < -0.39 is 5.76 Å². The van der Waals surface area contributed by atoms with Crippen LogP contribution < -0.4 is 5.76 Å². The van der Waals surface area contributed by atoms with Gasteiger partial charge in [-0.3, -0.25) is 4.57 Å². The number of aromatic nitrogens is 6. The van der Waals surface area contributed by atoms with Gasteiger partial charge in [-0.15, -0.1) is 5.10 Å². The summed E-state index contributed by atoms with van der Waals surface area (Å²) in [4.78, 5) is 16.2. The number of hydrogen-bond acceptors (Lipinski definition) is 6. The van der Waals surface area contributed by atoms with Gasteiger partial charge in [-0.25, -0.2) is 14.5 Å². The van der Waals surface area contributed by atoms with E-state index >= 15 is 0 Å². The van der Waals surface area contributed by atoms with Gasteiger partial charge in [-0.05, 0) is 34.2 Å². The fourth-order valence-electron chi connectivity index (χ4n) is 2.52. The Hall–Kier alpha value is -3.55. The van der Waals surface area contributed by atoms with Crippen molar-refractivity contribution in [2.24, 2.45) is 0 Å². The number of fused-ring (bicyclic) bond motifs is 1. The second-order valence-corrected chi connectivity index (χ2v) is 5.35. The number of nitrogens with zero attached hydrogens (tertiary/aromatic N) is 6. The number of benzene rings is 1. The van der Waals surface area contributed by atoms with Crippen molar-refractivity contribution < 1.29 is 4.42 Å². The van der Waals surface area contributed by atoms with Crippen LogP contribution in [-0.4, -0.2) is 29.8 Å². The van der Waals surface area contributed by atoms with Gasteiger partial charge >= 0.3 is 5.76 Å². The number of aryl methyl sites for hydroxylation is 2. The summed E-state index contributed by atoms with van der Waals surface area (Å²) in [5, 5.41) is 11.7. The average molecular weight is 334 g/mol. The molecule has 0 amide bonds. The van der Waals surface area contributed by atoms with E-state index in [4.69, 9.17) is 4.42 Å². The molecule has 0 fully saturated rings. The van der Waals surface area contributed by atoms with Crippen molar-refractivity contribution in [1.29, 1.82) is 0 Å². The van der Waals surface area contributed by atoms with Crippen molar-refractivity contribution in [1.82, 2.24) is 29.8 Å². The van der Waals surface area contributed by atoms with E-state index in [2.05, 4.69) is 20.5 Å². The molecule has 0 spiro atoms. The van der Waals surface area contributed by atoms with Gasteiger partial charge in [0.2, 0.25) is 0 Å². The molecule has 3 aromatic heterocycles. The molecule has 8 heteroatoms. The molecule has 0 bridgehead atoms. The van der Waals surface area contributed by atoms with E-state index in [0.29, 0.717) is 30.1 Å². The number of hydrogen-bond donors (Lipinski definition) is 0. The Morgan fingerprint density at radius 2 is 1.92 bits per heavy atom. The monoisotopic (exact) mass is 334 g/mol. The van der Waals surface area contributed by atoms with Gasteiger partial charge in [0, 0.05) is 6.20 Å². The van der Waals surface area contributed by atoms with Gasteiger partial charge in [-0.2, -0.15) is 0 Å². The number of oxazole rings is 1. The molecule has 4 rings (SSSR count). The topological polar surface area (TPSA) is 91.6 Å². The van der Waals surface area contributed by atoms with E-state index in [1.54, 1.807) is 23.0 Å². The summed E-state index contributed by atoms with van der Waals surface area (Å²) in [6.07, 6.45) is 5.39. The predicted molar refractivity (Wildman–Crippen MR) is 91.5 cm³/mol. The van der Waals surface area contributed by atoms with E-state index in [1.165, 1.54) is 4.57 Å². The van der Waals surface area contributed by atoms with Crippen molar-refractivity contribution in [3.63, 3.8) is 0 Å². The molecule has 0 unspecified atom stereocenters. The molecule has 0 aliphatic heterocycles. The van der Waals surface area contributed by atoms with Crippen LogP contribution in [0.1, 0.15) is 11.4 Å².